The summed E-state index contributed by atoms with van der Waals surface area (Å²) in [4.78, 5) is 33.9. The standard InChI is InChI=1S/C14H8FN3O4/c15-12-4-2-1-3-11(12)13(19)8-17-7-10(18(21)22)5-9(6-16)14(17)20/h1-5,7H,8H2. The van der Waals surface area contributed by atoms with Gasteiger partial charge in [0.05, 0.1) is 23.2 Å². The monoisotopic (exact) mass is 301 g/mol. The van der Waals surface area contributed by atoms with Crippen LogP contribution >= 0.6 is 0 Å². The van der Waals surface area contributed by atoms with Gasteiger partial charge in [0.2, 0.25) is 0 Å². The second-order valence-electron chi connectivity index (χ2n) is 4.32. The van der Waals surface area contributed by atoms with Crippen LogP contribution in [0.1, 0.15) is 15.9 Å². The molecule has 1 heterocycles. The highest BCUT2D eigenvalue weighted by atomic mass is 19.1. The van der Waals surface area contributed by atoms with Crippen molar-refractivity contribution in [2.45, 2.75) is 6.54 Å². The second kappa shape index (κ2) is 5.97. The van der Waals surface area contributed by atoms with E-state index >= 15 is 0 Å². The summed E-state index contributed by atoms with van der Waals surface area (Å²) in [5.74, 6) is -1.49. The predicted molar refractivity (Wildman–Crippen MR) is 72.8 cm³/mol. The van der Waals surface area contributed by atoms with E-state index < -0.39 is 39.9 Å². The number of halogens is 1. The summed E-state index contributed by atoms with van der Waals surface area (Å²) in [5, 5.41) is 19.6. The molecule has 1 aromatic carbocycles. The van der Waals surface area contributed by atoms with Crippen molar-refractivity contribution in [1.82, 2.24) is 4.57 Å². The first kappa shape index (κ1) is 15.1. The van der Waals surface area contributed by atoms with Crippen molar-refractivity contribution >= 4 is 11.5 Å². The number of benzene rings is 1. The highest BCUT2D eigenvalue weighted by molar-refractivity contribution is 5.96. The van der Waals surface area contributed by atoms with Crippen LogP contribution in [0.25, 0.3) is 0 Å². The molecule has 110 valence electrons. The van der Waals surface area contributed by atoms with Gasteiger partial charge in [-0.05, 0) is 12.1 Å². The second-order valence-corrected chi connectivity index (χ2v) is 4.32. The van der Waals surface area contributed by atoms with Crippen molar-refractivity contribution in [1.29, 1.82) is 5.26 Å². The molecular weight excluding hydrogens is 293 g/mol. The van der Waals surface area contributed by atoms with E-state index in [1.54, 1.807) is 0 Å². The van der Waals surface area contributed by atoms with Gasteiger partial charge in [0.1, 0.15) is 17.4 Å². The fourth-order valence-electron chi connectivity index (χ4n) is 1.84. The Labute approximate surface area is 123 Å². The maximum absolute atomic E-state index is 13.5. The van der Waals surface area contributed by atoms with Gasteiger partial charge < -0.3 is 0 Å². The first-order chi connectivity index (χ1) is 10.4. The largest absolute Gasteiger partial charge is 0.300 e. The van der Waals surface area contributed by atoms with Gasteiger partial charge in [-0.3, -0.25) is 24.3 Å². The average molecular weight is 301 g/mol. The Hall–Kier alpha value is -3.34. The van der Waals surface area contributed by atoms with Gasteiger partial charge in [-0.2, -0.15) is 5.26 Å². The van der Waals surface area contributed by atoms with E-state index in [4.69, 9.17) is 5.26 Å². The zero-order valence-electron chi connectivity index (χ0n) is 11.0. The molecule has 7 nitrogen and oxygen atoms in total. The van der Waals surface area contributed by atoms with E-state index in [2.05, 4.69) is 0 Å². The molecule has 0 aliphatic carbocycles. The summed E-state index contributed by atoms with van der Waals surface area (Å²) in [7, 11) is 0. The minimum Gasteiger partial charge on any atom is -0.300 e. The number of pyridine rings is 1. The first-order valence-corrected chi connectivity index (χ1v) is 6.00. The number of nitriles is 1. The zero-order valence-corrected chi connectivity index (χ0v) is 11.0. The normalized spacial score (nSPS) is 10.0. The average Bonchev–Trinajstić information content (AvgIpc) is 2.49. The van der Waals surface area contributed by atoms with Crippen LogP contribution in [-0.4, -0.2) is 15.3 Å². The molecule has 0 spiro atoms. The van der Waals surface area contributed by atoms with Crippen molar-refractivity contribution in [2.75, 3.05) is 0 Å². The number of nitro groups is 1. The molecule has 0 aliphatic heterocycles. The molecule has 2 rings (SSSR count). The van der Waals surface area contributed by atoms with Gasteiger partial charge >= 0.3 is 0 Å². The first-order valence-electron chi connectivity index (χ1n) is 6.00. The summed E-state index contributed by atoms with van der Waals surface area (Å²) in [6.45, 7) is -0.601. The number of carbonyl (C=O) groups excluding carboxylic acids is 1. The predicted octanol–water partition coefficient (Wildman–Crippen LogP) is 1.65. The molecule has 0 unspecified atom stereocenters. The molecule has 0 amide bonds. The molecule has 0 N–H and O–H groups in total. The summed E-state index contributed by atoms with van der Waals surface area (Å²) >= 11 is 0. The molecule has 0 saturated heterocycles. The number of carbonyl (C=O) groups is 1. The summed E-state index contributed by atoms with van der Waals surface area (Å²) < 4.78 is 14.3. The molecule has 8 heteroatoms. The lowest BCUT2D eigenvalue weighted by atomic mass is 10.1. The SMILES string of the molecule is N#Cc1cc([N+](=O)[O-])cn(CC(=O)c2ccccc2F)c1=O. The maximum atomic E-state index is 13.5. The molecule has 2 aromatic rings. The van der Waals surface area contributed by atoms with Gasteiger partial charge in [-0.25, -0.2) is 4.39 Å². The summed E-state index contributed by atoms with van der Waals surface area (Å²) in [6.07, 6.45) is 0.849. The Bertz CT molecular complexity index is 867. The van der Waals surface area contributed by atoms with E-state index in [1.807, 2.05) is 0 Å². The van der Waals surface area contributed by atoms with Gasteiger partial charge in [0.25, 0.3) is 11.2 Å². The van der Waals surface area contributed by atoms with Crippen molar-refractivity contribution in [2.24, 2.45) is 0 Å². The van der Waals surface area contributed by atoms with E-state index in [1.165, 1.54) is 24.3 Å². The molecular formula is C14H8FN3O4. The Morgan fingerprint density at radius 2 is 2.09 bits per heavy atom. The van der Waals surface area contributed by atoms with Crippen LogP contribution < -0.4 is 5.56 Å². The van der Waals surface area contributed by atoms with Crippen LogP contribution in [0.3, 0.4) is 0 Å². The quantitative estimate of drug-likeness (QED) is 0.485. The van der Waals surface area contributed by atoms with Crippen LogP contribution in [-0.2, 0) is 6.54 Å². The third kappa shape index (κ3) is 2.88. The smallest absolute Gasteiger partial charge is 0.287 e. The van der Waals surface area contributed by atoms with E-state index in [-0.39, 0.29) is 5.56 Å². The molecule has 22 heavy (non-hydrogen) atoms. The van der Waals surface area contributed by atoms with Crippen LogP contribution in [0.15, 0.2) is 41.3 Å². The molecule has 0 radical (unpaired) electrons. The topological polar surface area (TPSA) is 106 Å². The number of nitrogens with zero attached hydrogens (tertiary/aromatic N) is 3. The highest BCUT2D eigenvalue weighted by Gasteiger charge is 2.17. The minimum absolute atomic E-state index is 0.237. The van der Waals surface area contributed by atoms with Gasteiger partial charge in [0, 0.05) is 6.07 Å². The number of hydrogen-bond acceptors (Lipinski definition) is 5. The third-order valence-corrected chi connectivity index (χ3v) is 2.89. The Morgan fingerprint density at radius 1 is 1.41 bits per heavy atom. The van der Waals surface area contributed by atoms with Crippen molar-refractivity contribution in [3.63, 3.8) is 0 Å². The van der Waals surface area contributed by atoms with Crippen molar-refractivity contribution in [3.8, 4) is 6.07 Å². The van der Waals surface area contributed by atoms with E-state index in [0.717, 1.165) is 22.9 Å². The fourth-order valence-corrected chi connectivity index (χ4v) is 1.84. The molecule has 0 atom stereocenters. The minimum atomic E-state index is -0.849. The van der Waals surface area contributed by atoms with Crippen LogP contribution in [0.5, 0.6) is 0 Å². The number of aromatic nitrogens is 1. The lowest BCUT2D eigenvalue weighted by molar-refractivity contribution is -0.385. The zero-order chi connectivity index (χ0) is 16.3. The van der Waals surface area contributed by atoms with Crippen molar-refractivity contribution in [3.05, 3.63) is 73.9 Å². The van der Waals surface area contributed by atoms with Gasteiger partial charge in [-0.15, -0.1) is 0 Å². The molecule has 0 saturated carbocycles. The van der Waals surface area contributed by atoms with E-state index in [0.29, 0.717) is 0 Å². The highest BCUT2D eigenvalue weighted by Crippen LogP contribution is 2.12. The fraction of sp³-hybridized carbons (Fsp3) is 0.0714. The maximum Gasteiger partial charge on any atom is 0.287 e. The lowest BCUT2D eigenvalue weighted by Gasteiger charge is -2.06. The van der Waals surface area contributed by atoms with Crippen LogP contribution in [0, 0.1) is 27.3 Å². The van der Waals surface area contributed by atoms with Crippen LogP contribution in [0.2, 0.25) is 0 Å². The molecule has 0 aliphatic rings. The number of ketones is 1. The molecule has 0 bridgehead atoms. The number of rotatable bonds is 4. The molecule has 0 fully saturated rings. The Morgan fingerprint density at radius 3 is 2.68 bits per heavy atom. The summed E-state index contributed by atoms with van der Waals surface area (Å²) in [6, 6.07) is 7.54. The Balaban J connectivity index is 2.46. The number of hydrogen-bond donors (Lipinski definition) is 0. The van der Waals surface area contributed by atoms with Gasteiger partial charge in [-0.1, -0.05) is 12.1 Å². The Kier molecular flexibility index (Phi) is 4.08. The van der Waals surface area contributed by atoms with Crippen molar-refractivity contribution < 1.29 is 14.1 Å². The lowest BCUT2D eigenvalue weighted by Crippen LogP contribution is -2.26. The van der Waals surface area contributed by atoms with E-state index in [9.17, 15) is 24.1 Å². The molecule has 1 aromatic heterocycles. The van der Waals surface area contributed by atoms with Gasteiger partial charge in [0.15, 0.2) is 5.78 Å². The number of Topliss-reactive ketones (excluding diaryl/α,β-unsaturated/α-hetero) is 1. The third-order valence-electron chi connectivity index (χ3n) is 2.89. The summed E-state index contributed by atoms with van der Waals surface area (Å²) in [5.41, 5.74) is -2.05. The van der Waals surface area contributed by atoms with Crippen LogP contribution in [0.4, 0.5) is 10.1 Å².